The van der Waals surface area contributed by atoms with E-state index in [1.54, 1.807) is 37.2 Å². The molecule has 0 radical (unpaired) electrons. The summed E-state index contributed by atoms with van der Waals surface area (Å²) in [7, 11) is 0. The molecule has 6 heteroatoms. The first-order chi connectivity index (χ1) is 8.95. The zero-order valence-corrected chi connectivity index (χ0v) is 9.15. The highest BCUT2D eigenvalue weighted by molar-refractivity contribution is 6.17. The van der Waals surface area contributed by atoms with E-state index in [0.29, 0.717) is 33.1 Å². The highest BCUT2D eigenvalue weighted by atomic mass is 14.9. The number of hydrogen-bond acceptors (Lipinski definition) is 6. The maximum atomic E-state index is 4.33. The van der Waals surface area contributed by atoms with Crippen LogP contribution in [-0.4, -0.2) is 29.9 Å². The summed E-state index contributed by atoms with van der Waals surface area (Å²) in [6.07, 6.45) is 9.83. The first-order valence-electron chi connectivity index (χ1n) is 5.39. The van der Waals surface area contributed by atoms with Gasteiger partial charge in [0, 0.05) is 37.2 Å². The van der Waals surface area contributed by atoms with Crippen molar-refractivity contribution in [2.75, 3.05) is 0 Å². The Balaban J connectivity index is 2.46. The van der Waals surface area contributed by atoms with E-state index in [-0.39, 0.29) is 0 Å². The van der Waals surface area contributed by atoms with Crippen LogP contribution in [0.4, 0.5) is 0 Å². The van der Waals surface area contributed by atoms with Crippen LogP contribution in [0.1, 0.15) is 0 Å². The van der Waals surface area contributed by atoms with E-state index >= 15 is 0 Å². The zero-order chi connectivity index (χ0) is 11.9. The predicted molar refractivity (Wildman–Crippen MR) is 65.7 cm³/mol. The van der Waals surface area contributed by atoms with Crippen molar-refractivity contribution in [2.45, 2.75) is 0 Å². The van der Waals surface area contributed by atoms with Crippen molar-refractivity contribution in [1.82, 2.24) is 29.9 Å². The van der Waals surface area contributed by atoms with Gasteiger partial charge in [-0.1, -0.05) is 0 Å². The van der Waals surface area contributed by atoms with Crippen LogP contribution in [0.25, 0.3) is 33.1 Å². The molecule has 3 heterocycles. The fraction of sp³-hybridized carbons (Fsp3) is 0. The molecule has 6 nitrogen and oxygen atoms in total. The summed E-state index contributed by atoms with van der Waals surface area (Å²) in [4.78, 5) is 26.0. The maximum absolute atomic E-state index is 4.33. The van der Waals surface area contributed by atoms with E-state index in [4.69, 9.17) is 0 Å². The van der Waals surface area contributed by atoms with Gasteiger partial charge in [0.05, 0.1) is 0 Å². The summed E-state index contributed by atoms with van der Waals surface area (Å²) in [6, 6.07) is 0. The van der Waals surface area contributed by atoms with Gasteiger partial charge in [0.15, 0.2) is 0 Å². The van der Waals surface area contributed by atoms with Gasteiger partial charge >= 0.3 is 0 Å². The molecular weight excluding hydrogens is 228 g/mol. The molecule has 0 fully saturated rings. The highest BCUT2D eigenvalue weighted by Gasteiger charge is 2.13. The second-order valence-corrected chi connectivity index (χ2v) is 3.76. The van der Waals surface area contributed by atoms with Gasteiger partial charge in [-0.15, -0.1) is 0 Å². The molecule has 0 bridgehead atoms. The summed E-state index contributed by atoms with van der Waals surface area (Å²) in [5.74, 6) is 0. The average Bonchev–Trinajstić information content (AvgIpc) is 2.48. The summed E-state index contributed by atoms with van der Waals surface area (Å²) < 4.78 is 0. The monoisotopic (exact) mass is 234 g/mol. The second kappa shape index (κ2) is 3.36. The van der Waals surface area contributed by atoms with E-state index in [2.05, 4.69) is 29.9 Å². The predicted octanol–water partition coefficient (Wildman–Crippen LogP) is 1.52. The molecule has 0 unspecified atom stereocenters. The Morgan fingerprint density at radius 2 is 0.500 bits per heavy atom. The molecule has 0 aliphatic rings. The molecule has 4 rings (SSSR count). The number of rotatable bonds is 0. The van der Waals surface area contributed by atoms with Gasteiger partial charge < -0.3 is 0 Å². The number of fused-ring (bicyclic) bond motifs is 6. The lowest BCUT2D eigenvalue weighted by Crippen LogP contribution is -1.94. The van der Waals surface area contributed by atoms with Crippen LogP contribution in [0.5, 0.6) is 0 Å². The molecule has 4 aromatic rings. The third-order valence-corrected chi connectivity index (χ3v) is 2.77. The molecule has 0 aliphatic heterocycles. The summed E-state index contributed by atoms with van der Waals surface area (Å²) in [6.45, 7) is 0. The average molecular weight is 234 g/mol. The molecule has 84 valence electrons. The Labute approximate surface area is 101 Å². The Bertz CT molecular complexity index is 668. The molecule has 0 saturated carbocycles. The molecule has 3 aromatic heterocycles. The molecule has 0 saturated heterocycles. The molecule has 0 aliphatic carbocycles. The van der Waals surface area contributed by atoms with Gasteiger partial charge in [0.2, 0.25) is 0 Å². The lowest BCUT2D eigenvalue weighted by molar-refractivity contribution is 1.24. The third-order valence-electron chi connectivity index (χ3n) is 2.77. The van der Waals surface area contributed by atoms with E-state index in [1.165, 1.54) is 0 Å². The standard InChI is InChI=1S/C12H6N6/c1-2-14-8-7(13-1)9-11(17-4-3-15-9)12-10(8)16-5-6-18-12/h1-6H. The Morgan fingerprint density at radius 3 is 0.667 bits per heavy atom. The number of benzene rings is 1. The lowest BCUT2D eigenvalue weighted by Gasteiger charge is -2.04. The largest absolute Gasteiger partial charge is 0.251 e. The van der Waals surface area contributed by atoms with Crippen LogP contribution in [0.15, 0.2) is 37.2 Å². The van der Waals surface area contributed by atoms with E-state index in [1.807, 2.05) is 0 Å². The smallest absolute Gasteiger partial charge is 0.119 e. The minimum absolute atomic E-state index is 0.702. The van der Waals surface area contributed by atoms with E-state index < -0.39 is 0 Å². The topological polar surface area (TPSA) is 77.3 Å². The van der Waals surface area contributed by atoms with Gasteiger partial charge in [0.1, 0.15) is 33.1 Å². The second-order valence-electron chi connectivity index (χ2n) is 3.76. The van der Waals surface area contributed by atoms with E-state index in [0.717, 1.165) is 0 Å². The van der Waals surface area contributed by atoms with Crippen LogP contribution in [0.3, 0.4) is 0 Å². The Kier molecular flexibility index (Phi) is 1.74. The van der Waals surface area contributed by atoms with Crippen LogP contribution < -0.4 is 0 Å². The first-order valence-corrected chi connectivity index (χ1v) is 5.39. The maximum Gasteiger partial charge on any atom is 0.119 e. The minimum Gasteiger partial charge on any atom is -0.251 e. The van der Waals surface area contributed by atoms with Crippen LogP contribution >= 0.6 is 0 Å². The Morgan fingerprint density at radius 1 is 0.333 bits per heavy atom. The van der Waals surface area contributed by atoms with Gasteiger partial charge in [0.25, 0.3) is 0 Å². The molecule has 1 aromatic carbocycles. The normalized spacial score (nSPS) is 11.3. The number of hydrogen-bond donors (Lipinski definition) is 0. The zero-order valence-electron chi connectivity index (χ0n) is 9.15. The summed E-state index contributed by atoms with van der Waals surface area (Å²) in [5, 5.41) is 0. The van der Waals surface area contributed by atoms with Gasteiger partial charge in [-0.3, -0.25) is 29.9 Å². The highest BCUT2D eigenvalue weighted by Crippen LogP contribution is 2.26. The molecule has 0 N–H and O–H groups in total. The van der Waals surface area contributed by atoms with Gasteiger partial charge in [-0.25, -0.2) is 0 Å². The SMILES string of the molecule is c1cnc2c(n1)c1nccnc1c1nccnc21. The summed E-state index contributed by atoms with van der Waals surface area (Å²) >= 11 is 0. The van der Waals surface area contributed by atoms with Gasteiger partial charge in [-0.2, -0.15) is 0 Å². The number of aromatic nitrogens is 6. The van der Waals surface area contributed by atoms with Crippen molar-refractivity contribution in [1.29, 1.82) is 0 Å². The molecule has 0 amide bonds. The van der Waals surface area contributed by atoms with Crippen molar-refractivity contribution in [3.05, 3.63) is 37.2 Å². The molecule has 0 atom stereocenters. The van der Waals surface area contributed by atoms with Crippen molar-refractivity contribution in [3.8, 4) is 0 Å². The first kappa shape index (κ1) is 9.29. The van der Waals surface area contributed by atoms with Crippen LogP contribution in [0, 0.1) is 0 Å². The summed E-state index contributed by atoms with van der Waals surface area (Å²) in [5.41, 5.74) is 4.21. The minimum atomic E-state index is 0.702. The molecule has 18 heavy (non-hydrogen) atoms. The van der Waals surface area contributed by atoms with E-state index in [9.17, 15) is 0 Å². The van der Waals surface area contributed by atoms with Crippen molar-refractivity contribution in [3.63, 3.8) is 0 Å². The fourth-order valence-electron chi connectivity index (χ4n) is 2.05. The van der Waals surface area contributed by atoms with Crippen molar-refractivity contribution in [2.24, 2.45) is 0 Å². The quantitative estimate of drug-likeness (QED) is 0.429. The third kappa shape index (κ3) is 1.11. The molecule has 0 spiro atoms. The van der Waals surface area contributed by atoms with Crippen LogP contribution in [0.2, 0.25) is 0 Å². The molecular formula is C12H6N6. The van der Waals surface area contributed by atoms with Crippen LogP contribution in [-0.2, 0) is 0 Å². The van der Waals surface area contributed by atoms with Gasteiger partial charge in [-0.05, 0) is 0 Å². The fourth-order valence-corrected chi connectivity index (χ4v) is 2.05. The van der Waals surface area contributed by atoms with Crippen molar-refractivity contribution < 1.29 is 0 Å². The van der Waals surface area contributed by atoms with Crippen molar-refractivity contribution >= 4 is 33.1 Å². The Hall–Kier alpha value is -2.76. The lowest BCUT2D eigenvalue weighted by atomic mass is 10.2. The number of nitrogens with zero attached hydrogens (tertiary/aromatic N) is 6.